The van der Waals surface area contributed by atoms with Gasteiger partial charge in [-0.2, -0.15) is 18.4 Å². The third-order valence-electron chi connectivity index (χ3n) is 5.31. The number of ether oxygens (including phenoxy) is 2. The van der Waals surface area contributed by atoms with Crippen molar-refractivity contribution in [1.82, 2.24) is 5.32 Å². The highest BCUT2D eigenvalue weighted by Gasteiger charge is 2.44. The van der Waals surface area contributed by atoms with Crippen LogP contribution < -0.4 is 15.4 Å². The topological polar surface area (TPSA) is 118 Å². The predicted octanol–water partition coefficient (Wildman–Crippen LogP) is 3.82. The summed E-state index contributed by atoms with van der Waals surface area (Å²) in [6, 6.07) is 12.9. The number of carbonyl (C=O) groups is 3. The van der Waals surface area contributed by atoms with Gasteiger partial charge in [0, 0.05) is 5.92 Å². The summed E-state index contributed by atoms with van der Waals surface area (Å²) in [6.45, 7) is 0. The van der Waals surface area contributed by atoms with E-state index in [1.54, 1.807) is 24.3 Å². The fourth-order valence-electron chi connectivity index (χ4n) is 3.65. The van der Waals surface area contributed by atoms with Gasteiger partial charge in [-0.15, -0.1) is 0 Å². The number of para-hydroxylation sites is 1. The molecule has 2 N–H and O–H groups in total. The molecule has 1 aliphatic rings. The molecular formula is C24H20F3N3O5S. The summed E-state index contributed by atoms with van der Waals surface area (Å²) in [5.41, 5.74) is -0.964. The largest absolute Gasteiger partial charge is 0.497 e. The van der Waals surface area contributed by atoms with Crippen molar-refractivity contribution >= 4 is 35.2 Å². The minimum absolute atomic E-state index is 0.00339. The molecule has 0 saturated carbocycles. The second kappa shape index (κ2) is 11.2. The maximum absolute atomic E-state index is 13.2. The molecule has 0 saturated heterocycles. The van der Waals surface area contributed by atoms with Crippen molar-refractivity contribution in [2.75, 3.05) is 25.3 Å². The van der Waals surface area contributed by atoms with Crippen LogP contribution in [0.1, 0.15) is 17.0 Å². The average Bonchev–Trinajstić information content (AvgIpc) is 2.86. The van der Waals surface area contributed by atoms with Gasteiger partial charge in [0.05, 0.1) is 47.9 Å². The second-order valence-electron chi connectivity index (χ2n) is 7.48. The number of carbonyl (C=O) groups excluding carboxylic acids is 3. The smallest absolute Gasteiger partial charge is 0.418 e. The van der Waals surface area contributed by atoms with E-state index >= 15 is 0 Å². The Bertz CT molecular complexity index is 1240. The molecule has 0 unspecified atom stereocenters. The number of allylic oxidation sites excluding steroid dienone is 1. The summed E-state index contributed by atoms with van der Waals surface area (Å²) in [5, 5.41) is 14.6. The van der Waals surface area contributed by atoms with Gasteiger partial charge >= 0.3 is 12.1 Å². The van der Waals surface area contributed by atoms with Crippen LogP contribution in [-0.4, -0.2) is 37.8 Å². The number of anilines is 1. The van der Waals surface area contributed by atoms with Gasteiger partial charge in [-0.1, -0.05) is 36.0 Å². The molecule has 0 radical (unpaired) electrons. The van der Waals surface area contributed by atoms with E-state index in [2.05, 4.69) is 10.6 Å². The number of nitrogens with one attached hydrogen (secondary N) is 2. The van der Waals surface area contributed by atoms with Crippen molar-refractivity contribution in [1.29, 1.82) is 5.26 Å². The highest BCUT2D eigenvalue weighted by atomic mass is 32.2. The number of nitrogens with zero attached hydrogens (tertiary/aromatic N) is 1. The number of halogens is 3. The first kappa shape index (κ1) is 26.6. The van der Waals surface area contributed by atoms with Crippen molar-refractivity contribution < 1.29 is 37.0 Å². The van der Waals surface area contributed by atoms with Crippen molar-refractivity contribution in [3.63, 3.8) is 0 Å². The van der Waals surface area contributed by atoms with Crippen LogP contribution in [0.15, 0.2) is 59.1 Å². The Morgan fingerprint density at radius 1 is 1.14 bits per heavy atom. The zero-order chi connectivity index (χ0) is 26.5. The number of nitriles is 1. The van der Waals surface area contributed by atoms with Gasteiger partial charge < -0.3 is 20.1 Å². The van der Waals surface area contributed by atoms with Gasteiger partial charge in [0.2, 0.25) is 11.8 Å². The summed E-state index contributed by atoms with van der Waals surface area (Å²) < 4.78 is 49.5. The molecule has 0 aliphatic carbocycles. The second-order valence-corrected chi connectivity index (χ2v) is 8.46. The summed E-state index contributed by atoms with van der Waals surface area (Å²) in [5.74, 6) is -4.66. The molecule has 1 heterocycles. The monoisotopic (exact) mass is 519 g/mol. The van der Waals surface area contributed by atoms with Crippen molar-refractivity contribution in [3.8, 4) is 11.8 Å². The molecule has 12 heteroatoms. The molecule has 0 spiro atoms. The predicted molar refractivity (Wildman–Crippen MR) is 125 cm³/mol. The molecule has 2 aromatic rings. The first-order chi connectivity index (χ1) is 17.1. The molecule has 0 fully saturated rings. The Kier molecular flexibility index (Phi) is 8.26. The molecule has 3 rings (SSSR count). The Balaban J connectivity index is 1.89. The van der Waals surface area contributed by atoms with Crippen LogP contribution in [0.5, 0.6) is 5.75 Å². The number of amides is 2. The zero-order valence-electron chi connectivity index (χ0n) is 19.0. The van der Waals surface area contributed by atoms with Crippen molar-refractivity contribution in [2.45, 2.75) is 12.1 Å². The van der Waals surface area contributed by atoms with E-state index in [9.17, 15) is 32.8 Å². The summed E-state index contributed by atoms with van der Waals surface area (Å²) in [4.78, 5) is 37.7. The lowest BCUT2D eigenvalue weighted by molar-refractivity contribution is -0.150. The standard InChI is InChI=1S/C24H20F3N3O5S/c1-34-14-9-7-13(8-10-14)19-15(11-28)22(30-21(32)20(19)23(33)35-2)36-12-18(31)29-17-6-4-3-5-16(17)24(25,26)27/h3-10,19-20H,12H2,1-2H3,(H,29,31)(H,30,32)/t19-,20-/m1/s1. The van der Waals surface area contributed by atoms with Gasteiger partial charge in [-0.05, 0) is 29.8 Å². The lowest BCUT2D eigenvalue weighted by Crippen LogP contribution is -2.44. The minimum Gasteiger partial charge on any atom is -0.497 e. The lowest BCUT2D eigenvalue weighted by atomic mass is 9.78. The average molecular weight is 520 g/mol. The highest BCUT2D eigenvalue weighted by Crippen LogP contribution is 2.41. The number of rotatable bonds is 7. The summed E-state index contributed by atoms with van der Waals surface area (Å²) >= 11 is 0.757. The number of hydrogen-bond acceptors (Lipinski definition) is 7. The van der Waals surface area contributed by atoms with Crippen molar-refractivity contribution in [3.05, 3.63) is 70.3 Å². The molecule has 2 atom stereocenters. The molecule has 1 aliphatic heterocycles. The number of hydrogen-bond donors (Lipinski definition) is 2. The van der Waals surface area contributed by atoms with Crippen LogP contribution in [0.2, 0.25) is 0 Å². The zero-order valence-corrected chi connectivity index (χ0v) is 19.8. The van der Waals surface area contributed by atoms with Gasteiger partial charge in [0.25, 0.3) is 0 Å². The van der Waals surface area contributed by atoms with Crippen LogP contribution >= 0.6 is 11.8 Å². The van der Waals surface area contributed by atoms with E-state index in [-0.39, 0.29) is 10.6 Å². The van der Waals surface area contributed by atoms with Gasteiger partial charge in [-0.3, -0.25) is 14.4 Å². The number of thioether (sulfide) groups is 1. The van der Waals surface area contributed by atoms with Crippen molar-refractivity contribution in [2.24, 2.45) is 5.92 Å². The van der Waals surface area contributed by atoms with Crippen LogP contribution in [0.3, 0.4) is 0 Å². The van der Waals surface area contributed by atoms with E-state index in [1.165, 1.54) is 19.2 Å². The molecule has 188 valence electrons. The van der Waals surface area contributed by atoms with E-state index in [0.717, 1.165) is 31.0 Å². The highest BCUT2D eigenvalue weighted by molar-refractivity contribution is 8.03. The number of benzene rings is 2. The number of esters is 1. The quantitative estimate of drug-likeness (QED) is 0.422. The molecule has 0 aromatic heterocycles. The number of methoxy groups -OCH3 is 2. The first-order valence-corrected chi connectivity index (χ1v) is 11.3. The molecule has 2 aromatic carbocycles. The Morgan fingerprint density at radius 2 is 1.81 bits per heavy atom. The molecular weight excluding hydrogens is 499 g/mol. The van der Waals surface area contributed by atoms with Crippen LogP contribution in [0, 0.1) is 17.2 Å². The van der Waals surface area contributed by atoms with Gasteiger partial charge in [-0.25, -0.2) is 0 Å². The normalized spacial score (nSPS) is 17.6. The maximum atomic E-state index is 13.2. The summed E-state index contributed by atoms with van der Waals surface area (Å²) in [7, 11) is 2.58. The van der Waals surface area contributed by atoms with Crippen LogP contribution in [0.25, 0.3) is 0 Å². The molecule has 0 bridgehead atoms. The van der Waals surface area contributed by atoms with Crippen LogP contribution in [-0.2, 0) is 25.3 Å². The molecule has 36 heavy (non-hydrogen) atoms. The van der Waals surface area contributed by atoms with Gasteiger partial charge in [0.15, 0.2) is 0 Å². The molecule has 2 amide bonds. The fourth-order valence-corrected chi connectivity index (χ4v) is 4.50. The van der Waals surface area contributed by atoms with E-state index < -0.39 is 52.8 Å². The lowest BCUT2D eigenvalue weighted by Gasteiger charge is -2.31. The molecule has 8 nitrogen and oxygen atoms in total. The third-order valence-corrected chi connectivity index (χ3v) is 6.33. The minimum atomic E-state index is -4.67. The first-order valence-electron chi connectivity index (χ1n) is 10.4. The van der Waals surface area contributed by atoms with E-state index in [4.69, 9.17) is 9.47 Å². The maximum Gasteiger partial charge on any atom is 0.418 e. The van der Waals surface area contributed by atoms with Crippen LogP contribution in [0.4, 0.5) is 18.9 Å². The third kappa shape index (κ3) is 5.80. The Morgan fingerprint density at radius 3 is 2.39 bits per heavy atom. The number of alkyl halides is 3. The summed E-state index contributed by atoms with van der Waals surface area (Å²) in [6.07, 6.45) is -4.67. The van der Waals surface area contributed by atoms with E-state index in [1.807, 2.05) is 6.07 Å². The Labute approximate surface area is 208 Å². The fraction of sp³-hybridized carbons (Fsp3) is 0.250. The van der Waals surface area contributed by atoms with Gasteiger partial charge in [0.1, 0.15) is 11.7 Å². The van der Waals surface area contributed by atoms with E-state index in [0.29, 0.717) is 11.3 Å². The SMILES string of the molecule is COC(=O)[C@H]1C(=O)NC(SCC(=O)Nc2ccccc2C(F)(F)F)=C(C#N)[C@H]1c1ccc(OC)cc1. The Hall–Kier alpha value is -3.98.